The van der Waals surface area contributed by atoms with E-state index in [0.29, 0.717) is 13.0 Å². The van der Waals surface area contributed by atoms with Crippen molar-refractivity contribution >= 4 is 5.97 Å². The van der Waals surface area contributed by atoms with Gasteiger partial charge in [0.2, 0.25) is 0 Å². The van der Waals surface area contributed by atoms with Crippen LogP contribution in [0.25, 0.3) is 11.3 Å². The topological polar surface area (TPSA) is 55.1 Å². The molecule has 1 heterocycles. The molecule has 0 radical (unpaired) electrons. The number of rotatable bonds is 5. The molecule has 0 unspecified atom stereocenters. The van der Waals surface area contributed by atoms with Gasteiger partial charge in [0.15, 0.2) is 0 Å². The van der Waals surface area contributed by atoms with Gasteiger partial charge in [0.25, 0.3) is 0 Å². The predicted molar refractivity (Wildman–Crippen MR) is 64.5 cm³/mol. The van der Waals surface area contributed by atoms with Crippen LogP contribution in [0.2, 0.25) is 0 Å². The van der Waals surface area contributed by atoms with E-state index in [9.17, 15) is 9.18 Å². The lowest BCUT2D eigenvalue weighted by molar-refractivity contribution is -0.137. The first kappa shape index (κ1) is 12.3. The average Bonchev–Trinajstić information content (AvgIpc) is 2.78. The van der Waals surface area contributed by atoms with Crippen molar-refractivity contribution < 1.29 is 14.3 Å². The number of aromatic nitrogens is 2. The molecular formula is C13H13FN2O2. The maximum atomic E-state index is 12.8. The first-order valence-corrected chi connectivity index (χ1v) is 5.66. The van der Waals surface area contributed by atoms with Crippen LogP contribution in [-0.2, 0) is 11.3 Å². The lowest BCUT2D eigenvalue weighted by Gasteiger charge is -1.99. The van der Waals surface area contributed by atoms with Crippen molar-refractivity contribution in [2.24, 2.45) is 0 Å². The van der Waals surface area contributed by atoms with Gasteiger partial charge in [-0.25, -0.2) is 4.39 Å². The molecule has 0 saturated carbocycles. The Morgan fingerprint density at radius 1 is 1.28 bits per heavy atom. The summed E-state index contributed by atoms with van der Waals surface area (Å²) >= 11 is 0. The Hall–Kier alpha value is -2.17. The number of aryl methyl sites for hydroxylation is 1. The molecule has 1 aromatic carbocycles. The number of nitrogens with zero attached hydrogens (tertiary/aromatic N) is 2. The molecule has 0 fully saturated rings. The van der Waals surface area contributed by atoms with E-state index < -0.39 is 5.97 Å². The molecule has 0 atom stereocenters. The third kappa shape index (κ3) is 3.16. The van der Waals surface area contributed by atoms with Crippen LogP contribution in [0.15, 0.2) is 36.5 Å². The van der Waals surface area contributed by atoms with Crippen molar-refractivity contribution in [2.45, 2.75) is 19.4 Å². The Labute approximate surface area is 104 Å². The summed E-state index contributed by atoms with van der Waals surface area (Å²) in [7, 11) is 0. The summed E-state index contributed by atoms with van der Waals surface area (Å²) in [6.45, 7) is 0.563. The molecule has 4 nitrogen and oxygen atoms in total. The second-order valence-corrected chi connectivity index (χ2v) is 3.97. The molecule has 0 saturated heterocycles. The van der Waals surface area contributed by atoms with E-state index in [1.807, 2.05) is 6.07 Å². The quantitative estimate of drug-likeness (QED) is 0.884. The van der Waals surface area contributed by atoms with Gasteiger partial charge in [0.05, 0.1) is 5.69 Å². The van der Waals surface area contributed by atoms with Crippen LogP contribution in [0.1, 0.15) is 12.8 Å². The number of benzene rings is 1. The standard InChI is InChI=1S/C13H13FN2O2/c14-11-5-3-10(4-6-11)12-7-9-16(15-12)8-1-2-13(17)18/h3-7,9H,1-2,8H2,(H,17,18). The maximum Gasteiger partial charge on any atom is 0.303 e. The summed E-state index contributed by atoms with van der Waals surface area (Å²) in [5.41, 5.74) is 1.60. The minimum Gasteiger partial charge on any atom is -0.481 e. The highest BCUT2D eigenvalue weighted by molar-refractivity contribution is 5.66. The Morgan fingerprint density at radius 2 is 2.00 bits per heavy atom. The SMILES string of the molecule is O=C(O)CCCn1ccc(-c2ccc(F)cc2)n1. The molecular weight excluding hydrogens is 235 g/mol. The van der Waals surface area contributed by atoms with Gasteiger partial charge in [0, 0.05) is 24.7 Å². The summed E-state index contributed by atoms with van der Waals surface area (Å²) in [5, 5.41) is 12.8. The van der Waals surface area contributed by atoms with Crippen LogP contribution in [0.4, 0.5) is 4.39 Å². The molecule has 0 aliphatic rings. The molecule has 0 amide bonds. The van der Waals surface area contributed by atoms with E-state index >= 15 is 0 Å². The molecule has 0 bridgehead atoms. The summed E-state index contributed by atoms with van der Waals surface area (Å²) in [6.07, 6.45) is 2.46. The molecule has 2 aromatic rings. The van der Waals surface area contributed by atoms with E-state index in [1.165, 1.54) is 12.1 Å². The molecule has 94 valence electrons. The Kier molecular flexibility index (Phi) is 3.72. The van der Waals surface area contributed by atoms with Gasteiger partial charge in [-0.3, -0.25) is 9.48 Å². The van der Waals surface area contributed by atoms with Gasteiger partial charge in [0.1, 0.15) is 5.82 Å². The summed E-state index contributed by atoms with van der Waals surface area (Å²) in [5.74, 6) is -1.08. The van der Waals surface area contributed by atoms with Crippen molar-refractivity contribution in [3.8, 4) is 11.3 Å². The third-order valence-electron chi connectivity index (χ3n) is 2.56. The maximum absolute atomic E-state index is 12.8. The lowest BCUT2D eigenvalue weighted by Crippen LogP contribution is -2.02. The normalized spacial score (nSPS) is 10.5. The van der Waals surface area contributed by atoms with Crippen LogP contribution in [0.3, 0.4) is 0 Å². The summed E-state index contributed by atoms with van der Waals surface area (Å²) < 4.78 is 14.5. The number of halogens is 1. The van der Waals surface area contributed by atoms with Gasteiger partial charge in [-0.2, -0.15) is 5.10 Å². The second-order valence-electron chi connectivity index (χ2n) is 3.97. The smallest absolute Gasteiger partial charge is 0.303 e. The van der Waals surface area contributed by atoms with Crippen molar-refractivity contribution in [1.82, 2.24) is 9.78 Å². The number of carboxylic acids is 1. The van der Waals surface area contributed by atoms with Gasteiger partial charge in [-0.15, -0.1) is 0 Å². The van der Waals surface area contributed by atoms with Crippen LogP contribution in [-0.4, -0.2) is 20.9 Å². The van der Waals surface area contributed by atoms with E-state index in [2.05, 4.69) is 5.10 Å². The number of carbonyl (C=O) groups is 1. The molecule has 2 rings (SSSR count). The van der Waals surface area contributed by atoms with Crippen molar-refractivity contribution in [3.63, 3.8) is 0 Å². The largest absolute Gasteiger partial charge is 0.481 e. The fraction of sp³-hybridized carbons (Fsp3) is 0.231. The van der Waals surface area contributed by atoms with Gasteiger partial charge < -0.3 is 5.11 Å². The molecule has 0 aliphatic heterocycles. The third-order valence-corrected chi connectivity index (χ3v) is 2.56. The van der Waals surface area contributed by atoms with Crippen LogP contribution in [0, 0.1) is 5.82 Å². The number of carboxylic acid groups (broad SMARTS) is 1. The van der Waals surface area contributed by atoms with E-state index in [1.54, 1.807) is 23.0 Å². The zero-order valence-electron chi connectivity index (χ0n) is 9.71. The molecule has 1 aromatic heterocycles. The van der Waals surface area contributed by atoms with Crippen molar-refractivity contribution in [3.05, 3.63) is 42.3 Å². The first-order valence-electron chi connectivity index (χ1n) is 5.66. The van der Waals surface area contributed by atoms with Gasteiger partial charge in [-0.1, -0.05) is 0 Å². The van der Waals surface area contributed by atoms with E-state index in [-0.39, 0.29) is 12.2 Å². The molecule has 5 heteroatoms. The van der Waals surface area contributed by atoms with E-state index in [0.717, 1.165) is 11.3 Å². The van der Waals surface area contributed by atoms with Gasteiger partial charge >= 0.3 is 5.97 Å². The van der Waals surface area contributed by atoms with Crippen LogP contribution >= 0.6 is 0 Å². The average molecular weight is 248 g/mol. The molecule has 1 N–H and O–H groups in total. The monoisotopic (exact) mass is 248 g/mol. The fourth-order valence-corrected chi connectivity index (χ4v) is 1.65. The fourth-order valence-electron chi connectivity index (χ4n) is 1.65. The highest BCUT2D eigenvalue weighted by Gasteiger charge is 2.03. The Bertz CT molecular complexity index is 534. The summed E-state index contributed by atoms with van der Waals surface area (Å²) in [6, 6.07) is 7.93. The van der Waals surface area contributed by atoms with Crippen molar-refractivity contribution in [2.75, 3.05) is 0 Å². The Morgan fingerprint density at radius 3 is 2.67 bits per heavy atom. The highest BCUT2D eigenvalue weighted by Crippen LogP contribution is 2.17. The number of aliphatic carboxylic acids is 1. The highest BCUT2D eigenvalue weighted by atomic mass is 19.1. The van der Waals surface area contributed by atoms with Crippen LogP contribution in [0.5, 0.6) is 0 Å². The van der Waals surface area contributed by atoms with Crippen molar-refractivity contribution in [1.29, 1.82) is 0 Å². The molecule has 0 aliphatic carbocycles. The zero-order chi connectivity index (χ0) is 13.0. The molecule has 18 heavy (non-hydrogen) atoms. The lowest BCUT2D eigenvalue weighted by atomic mass is 10.1. The Balaban J connectivity index is 2.01. The molecule has 0 spiro atoms. The van der Waals surface area contributed by atoms with E-state index in [4.69, 9.17) is 5.11 Å². The number of hydrogen-bond acceptors (Lipinski definition) is 2. The first-order chi connectivity index (χ1) is 8.65. The van der Waals surface area contributed by atoms with Crippen LogP contribution < -0.4 is 0 Å². The van der Waals surface area contributed by atoms with Gasteiger partial charge in [-0.05, 0) is 36.8 Å². The zero-order valence-corrected chi connectivity index (χ0v) is 9.71. The minimum atomic E-state index is -0.805. The minimum absolute atomic E-state index is 0.131. The second kappa shape index (κ2) is 5.44. The number of hydrogen-bond donors (Lipinski definition) is 1. The summed E-state index contributed by atoms with van der Waals surface area (Å²) in [4.78, 5) is 10.4. The predicted octanol–water partition coefficient (Wildman–Crippen LogP) is 2.55.